The zero-order valence-corrected chi connectivity index (χ0v) is 12.6. The Bertz CT molecular complexity index is 646. The van der Waals surface area contributed by atoms with E-state index in [1.165, 1.54) is 13.0 Å². The molecule has 0 aromatic heterocycles. The molecule has 0 fully saturated rings. The van der Waals surface area contributed by atoms with Gasteiger partial charge in [-0.3, -0.25) is 4.79 Å². The molecule has 0 aliphatic heterocycles. The summed E-state index contributed by atoms with van der Waals surface area (Å²) in [6, 6.07) is 2.36. The lowest BCUT2D eigenvalue weighted by molar-refractivity contribution is -0.137. The van der Waals surface area contributed by atoms with Crippen molar-refractivity contribution in [1.29, 1.82) is 0 Å². The average Bonchev–Trinajstić information content (AvgIpc) is 2.43. The van der Waals surface area contributed by atoms with Crippen molar-refractivity contribution in [3.05, 3.63) is 23.8 Å². The number of carbonyl (C=O) groups is 2. The van der Waals surface area contributed by atoms with Gasteiger partial charge in [0.1, 0.15) is 0 Å². The number of hydrogen-bond acceptors (Lipinski definition) is 2. The van der Waals surface area contributed by atoms with Gasteiger partial charge in [0.05, 0.1) is 11.3 Å². The van der Waals surface area contributed by atoms with Gasteiger partial charge in [-0.1, -0.05) is 0 Å². The highest BCUT2D eigenvalue weighted by atomic mass is 19.4. The Morgan fingerprint density at radius 1 is 1.22 bits per heavy atom. The summed E-state index contributed by atoms with van der Waals surface area (Å²) in [4.78, 5) is 22.5. The summed E-state index contributed by atoms with van der Waals surface area (Å²) in [6.07, 6.45) is -4.28. The van der Waals surface area contributed by atoms with Crippen molar-refractivity contribution in [1.82, 2.24) is 5.32 Å². The minimum absolute atomic E-state index is 0.00555. The Morgan fingerprint density at radius 3 is 2.48 bits per heavy atom. The number of carbonyl (C=O) groups excluding carboxylic acids is 2. The van der Waals surface area contributed by atoms with Crippen LogP contribution in [0.15, 0.2) is 18.2 Å². The molecule has 0 radical (unpaired) electrons. The summed E-state index contributed by atoms with van der Waals surface area (Å²) in [7, 11) is 0. The van der Waals surface area contributed by atoms with Crippen LogP contribution in [0.5, 0.6) is 0 Å². The second kappa shape index (κ2) is 8.08. The van der Waals surface area contributed by atoms with E-state index in [0.29, 0.717) is 6.42 Å². The lowest BCUT2D eigenvalue weighted by Gasteiger charge is -2.15. The molecule has 0 atom stereocenters. The molecule has 0 spiro atoms. The molecule has 1 aromatic rings. The van der Waals surface area contributed by atoms with Gasteiger partial charge >= 0.3 is 12.2 Å². The average molecular weight is 327 g/mol. The fourth-order valence-corrected chi connectivity index (χ4v) is 1.70. The molecular weight excluding hydrogens is 311 g/mol. The molecule has 0 saturated heterocycles. The zero-order valence-electron chi connectivity index (χ0n) is 12.6. The number of rotatable bonds is 4. The summed E-state index contributed by atoms with van der Waals surface area (Å²) in [5.41, 5.74) is -1.45. The van der Waals surface area contributed by atoms with E-state index in [0.717, 1.165) is 12.1 Å². The number of benzene rings is 1. The minimum atomic E-state index is -4.68. The molecule has 0 aliphatic carbocycles. The summed E-state index contributed by atoms with van der Waals surface area (Å²) >= 11 is 0. The molecule has 0 heterocycles. The van der Waals surface area contributed by atoms with Crippen LogP contribution >= 0.6 is 0 Å². The van der Waals surface area contributed by atoms with Crippen molar-refractivity contribution in [3.63, 3.8) is 0 Å². The minimum Gasteiger partial charge on any atom is -0.337 e. The normalized spacial score (nSPS) is 10.3. The Kier molecular flexibility index (Phi) is 6.45. The van der Waals surface area contributed by atoms with Crippen molar-refractivity contribution in [2.45, 2.75) is 26.4 Å². The van der Waals surface area contributed by atoms with Crippen molar-refractivity contribution in [3.8, 4) is 11.8 Å². The molecule has 3 amide bonds. The van der Waals surface area contributed by atoms with Crippen LogP contribution < -0.4 is 16.0 Å². The number of hydrogen-bond donors (Lipinski definition) is 3. The van der Waals surface area contributed by atoms with E-state index in [2.05, 4.69) is 27.8 Å². The van der Waals surface area contributed by atoms with Crippen LogP contribution in [0.4, 0.5) is 29.3 Å². The van der Waals surface area contributed by atoms with Gasteiger partial charge in [-0.25, -0.2) is 4.79 Å². The Labute approximate surface area is 131 Å². The van der Waals surface area contributed by atoms with Crippen LogP contribution in [-0.2, 0) is 11.0 Å². The maximum Gasteiger partial charge on any atom is 0.418 e. The molecule has 124 valence electrons. The van der Waals surface area contributed by atoms with Gasteiger partial charge in [0.2, 0.25) is 5.91 Å². The lowest BCUT2D eigenvalue weighted by Crippen LogP contribution is -2.30. The van der Waals surface area contributed by atoms with Crippen LogP contribution in [0.1, 0.15) is 25.8 Å². The van der Waals surface area contributed by atoms with E-state index in [4.69, 9.17) is 0 Å². The van der Waals surface area contributed by atoms with E-state index in [1.807, 2.05) is 0 Å². The van der Waals surface area contributed by atoms with E-state index in [-0.39, 0.29) is 12.2 Å². The summed E-state index contributed by atoms with van der Waals surface area (Å²) < 4.78 is 39.2. The van der Waals surface area contributed by atoms with Gasteiger partial charge in [-0.05, 0) is 25.1 Å². The first-order chi connectivity index (χ1) is 10.7. The largest absolute Gasteiger partial charge is 0.418 e. The second-order valence-corrected chi connectivity index (χ2v) is 4.50. The van der Waals surface area contributed by atoms with Gasteiger partial charge in [0, 0.05) is 25.6 Å². The van der Waals surface area contributed by atoms with E-state index in [1.54, 1.807) is 6.92 Å². The number of nitrogens with one attached hydrogen (secondary N) is 3. The number of amides is 3. The Balaban J connectivity index is 2.89. The molecule has 0 saturated carbocycles. The van der Waals surface area contributed by atoms with Crippen LogP contribution in [-0.4, -0.2) is 18.5 Å². The highest BCUT2D eigenvalue weighted by Crippen LogP contribution is 2.36. The molecule has 0 unspecified atom stereocenters. The Morgan fingerprint density at radius 2 is 1.91 bits per heavy atom. The smallest absolute Gasteiger partial charge is 0.337 e. The first-order valence-corrected chi connectivity index (χ1v) is 6.67. The highest BCUT2D eigenvalue weighted by Gasteiger charge is 2.34. The molecule has 5 nitrogen and oxygen atoms in total. The third-order valence-corrected chi connectivity index (χ3v) is 2.61. The highest BCUT2D eigenvalue weighted by molar-refractivity contribution is 5.92. The Hall–Kier alpha value is -2.69. The molecule has 8 heteroatoms. The molecule has 1 aromatic carbocycles. The van der Waals surface area contributed by atoms with E-state index >= 15 is 0 Å². The third kappa shape index (κ3) is 6.30. The first kappa shape index (κ1) is 18.4. The lowest BCUT2D eigenvalue weighted by atomic mass is 10.1. The number of alkyl halides is 3. The molecule has 3 N–H and O–H groups in total. The predicted octanol–water partition coefficient (Wildman–Crippen LogP) is 3.20. The SMILES string of the molecule is CC#CCCNC(=O)Nc1ccc(NC(C)=O)cc1C(F)(F)F. The van der Waals surface area contributed by atoms with Crippen molar-refractivity contribution in [2.24, 2.45) is 0 Å². The maximum atomic E-state index is 13.1. The topological polar surface area (TPSA) is 70.2 Å². The monoisotopic (exact) mass is 327 g/mol. The molecule has 1 rings (SSSR count). The second-order valence-electron chi connectivity index (χ2n) is 4.50. The molecule has 23 heavy (non-hydrogen) atoms. The van der Waals surface area contributed by atoms with Gasteiger partial charge in [-0.2, -0.15) is 13.2 Å². The van der Waals surface area contributed by atoms with E-state index in [9.17, 15) is 22.8 Å². The summed E-state index contributed by atoms with van der Waals surface area (Å²) in [6.45, 7) is 3.05. The van der Waals surface area contributed by atoms with Crippen LogP contribution in [0, 0.1) is 11.8 Å². The van der Waals surface area contributed by atoms with Crippen LogP contribution in [0.25, 0.3) is 0 Å². The van der Waals surface area contributed by atoms with Gasteiger partial charge in [-0.15, -0.1) is 11.8 Å². The zero-order chi connectivity index (χ0) is 17.5. The van der Waals surface area contributed by atoms with E-state index < -0.39 is 29.4 Å². The third-order valence-electron chi connectivity index (χ3n) is 2.61. The standard InChI is InChI=1S/C15H16F3N3O2/c1-3-4-5-8-19-14(23)21-13-7-6-11(20-10(2)22)9-12(13)15(16,17)18/h6-7,9H,5,8H2,1-2H3,(H,20,22)(H2,19,21,23). The number of halogens is 3. The molecule has 0 bridgehead atoms. The predicted molar refractivity (Wildman–Crippen MR) is 80.8 cm³/mol. The van der Waals surface area contributed by atoms with Crippen LogP contribution in [0.2, 0.25) is 0 Å². The maximum absolute atomic E-state index is 13.1. The molecular formula is C15H16F3N3O2. The fourth-order valence-electron chi connectivity index (χ4n) is 1.70. The summed E-state index contributed by atoms with van der Waals surface area (Å²) in [5, 5.41) is 6.81. The first-order valence-electron chi connectivity index (χ1n) is 6.67. The molecule has 0 aliphatic rings. The van der Waals surface area contributed by atoms with Gasteiger partial charge in [0.25, 0.3) is 0 Å². The number of anilines is 2. The van der Waals surface area contributed by atoms with Crippen molar-refractivity contribution < 1.29 is 22.8 Å². The van der Waals surface area contributed by atoms with Gasteiger partial charge in [0.15, 0.2) is 0 Å². The fraction of sp³-hybridized carbons (Fsp3) is 0.333. The van der Waals surface area contributed by atoms with Gasteiger partial charge < -0.3 is 16.0 Å². The van der Waals surface area contributed by atoms with Crippen LogP contribution in [0.3, 0.4) is 0 Å². The van der Waals surface area contributed by atoms with Crippen molar-refractivity contribution >= 4 is 23.3 Å². The summed E-state index contributed by atoms with van der Waals surface area (Å²) in [5.74, 6) is 4.86. The van der Waals surface area contributed by atoms with Crippen molar-refractivity contribution in [2.75, 3.05) is 17.2 Å². The number of urea groups is 1. The quantitative estimate of drug-likeness (QED) is 0.587.